The Bertz CT molecular complexity index is 360. The van der Waals surface area contributed by atoms with Crippen molar-refractivity contribution in [1.82, 2.24) is 5.48 Å². The molecule has 1 aromatic carbocycles. The quantitative estimate of drug-likeness (QED) is 0.565. The summed E-state index contributed by atoms with van der Waals surface area (Å²) < 4.78 is 7.42. The Balaban J connectivity index is 2.57. The van der Waals surface area contributed by atoms with Gasteiger partial charge in [0, 0.05) is 6.54 Å². The first-order valence-corrected chi connectivity index (χ1v) is 7.58. The summed E-state index contributed by atoms with van der Waals surface area (Å²) in [5, 5.41) is 0. The topological polar surface area (TPSA) is 30.5 Å². The van der Waals surface area contributed by atoms with Crippen LogP contribution >= 0.6 is 31.9 Å². The summed E-state index contributed by atoms with van der Waals surface area (Å²) in [5.74, 6) is 1.36. The molecule has 0 atom stereocenters. The molecule has 3 nitrogen and oxygen atoms in total. The normalized spacial score (nSPS) is 11.0. The van der Waals surface area contributed by atoms with Crippen molar-refractivity contribution < 1.29 is 9.57 Å². The lowest BCUT2D eigenvalue weighted by Crippen LogP contribution is -2.17. The van der Waals surface area contributed by atoms with Crippen molar-refractivity contribution in [2.45, 2.75) is 27.3 Å². The first-order valence-electron chi connectivity index (χ1n) is 6.00. The average molecular weight is 381 g/mol. The number of benzene rings is 1. The number of hydrogen-bond donors (Lipinski definition) is 1. The lowest BCUT2D eigenvalue weighted by atomic mass is 10.2. The van der Waals surface area contributed by atoms with E-state index in [9.17, 15) is 0 Å². The van der Waals surface area contributed by atoms with E-state index in [1.165, 1.54) is 0 Å². The number of ether oxygens (including phenoxy) is 1. The monoisotopic (exact) mass is 379 g/mol. The number of halogens is 2. The second kappa shape index (κ2) is 8.15. The van der Waals surface area contributed by atoms with Gasteiger partial charge in [-0.1, -0.05) is 13.8 Å². The van der Waals surface area contributed by atoms with Gasteiger partial charge in [0.2, 0.25) is 0 Å². The van der Waals surface area contributed by atoms with E-state index in [-0.39, 0.29) is 0 Å². The fraction of sp³-hybridized carbons (Fsp3) is 0.538. The first kappa shape index (κ1) is 16.0. The lowest BCUT2D eigenvalue weighted by Gasteiger charge is -2.12. The van der Waals surface area contributed by atoms with Gasteiger partial charge in [-0.25, -0.2) is 0 Å². The summed E-state index contributed by atoms with van der Waals surface area (Å²) in [6, 6.07) is 4.06. The van der Waals surface area contributed by atoms with Gasteiger partial charge in [-0.05, 0) is 62.4 Å². The highest BCUT2D eigenvalue weighted by atomic mass is 79.9. The summed E-state index contributed by atoms with van der Waals surface area (Å²) >= 11 is 7.02. The Morgan fingerprint density at radius 1 is 1.22 bits per heavy atom. The molecule has 0 saturated carbocycles. The third-order valence-corrected chi connectivity index (χ3v) is 3.32. The highest BCUT2D eigenvalue weighted by Crippen LogP contribution is 2.34. The zero-order valence-electron chi connectivity index (χ0n) is 10.9. The summed E-state index contributed by atoms with van der Waals surface area (Å²) in [4.78, 5) is 5.34. The minimum Gasteiger partial charge on any atom is -0.492 e. The van der Waals surface area contributed by atoms with Crippen LogP contribution in [-0.4, -0.2) is 13.2 Å². The number of rotatable bonds is 7. The molecule has 18 heavy (non-hydrogen) atoms. The van der Waals surface area contributed by atoms with Crippen molar-refractivity contribution >= 4 is 31.9 Å². The zero-order valence-corrected chi connectivity index (χ0v) is 14.1. The van der Waals surface area contributed by atoms with Crippen LogP contribution in [0.4, 0.5) is 0 Å². The molecule has 0 bridgehead atoms. The van der Waals surface area contributed by atoms with E-state index in [1.807, 2.05) is 19.1 Å². The summed E-state index contributed by atoms with van der Waals surface area (Å²) in [7, 11) is 0. The number of hydroxylamine groups is 1. The molecule has 0 amide bonds. The Labute approximate surface area is 125 Å². The van der Waals surface area contributed by atoms with Gasteiger partial charge in [-0.15, -0.1) is 0 Å². The maximum absolute atomic E-state index is 5.53. The van der Waals surface area contributed by atoms with Crippen LogP contribution in [0, 0.1) is 5.92 Å². The molecule has 5 heteroatoms. The molecule has 0 heterocycles. The number of hydrogen-bond acceptors (Lipinski definition) is 3. The molecule has 0 aliphatic rings. The summed E-state index contributed by atoms with van der Waals surface area (Å²) in [6.45, 7) is 8.22. The first-order chi connectivity index (χ1) is 8.54. The van der Waals surface area contributed by atoms with Crippen LogP contribution in [-0.2, 0) is 11.4 Å². The maximum Gasteiger partial charge on any atom is 0.147 e. The largest absolute Gasteiger partial charge is 0.492 e. The molecule has 0 spiro atoms. The molecule has 0 aromatic heterocycles. The molecule has 0 saturated heterocycles. The van der Waals surface area contributed by atoms with Gasteiger partial charge >= 0.3 is 0 Å². The summed E-state index contributed by atoms with van der Waals surface area (Å²) in [5.41, 5.74) is 4.08. The zero-order chi connectivity index (χ0) is 13.5. The van der Waals surface area contributed by atoms with Crippen LogP contribution in [0.1, 0.15) is 26.3 Å². The van der Waals surface area contributed by atoms with Crippen molar-refractivity contribution in [1.29, 1.82) is 0 Å². The molecule has 1 N–H and O–H groups in total. The Morgan fingerprint density at radius 2 is 1.83 bits per heavy atom. The van der Waals surface area contributed by atoms with Crippen LogP contribution in [0.3, 0.4) is 0 Å². The van der Waals surface area contributed by atoms with Crippen LogP contribution in [0.5, 0.6) is 5.75 Å². The van der Waals surface area contributed by atoms with Crippen LogP contribution in [0.25, 0.3) is 0 Å². The highest BCUT2D eigenvalue weighted by Gasteiger charge is 2.08. The van der Waals surface area contributed by atoms with Crippen molar-refractivity contribution in [2.24, 2.45) is 5.92 Å². The fourth-order valence-electron chi connectivity index (χ4n) is 1.36. The van der Waals surface area contributed by atoms with Gasteiger partial charge < -0.3 is 9.57 Å². The predicted molar refractivity (Wildman–Crippen MR) is 80.6 cm³/mol. The third kappa shape index (κ3) is 5.26. The van der Waals surface area contributed by atoms with Gasteiger partial charge in [0.1, 0.15) is 5.75 Å². The fourth-order valence-corrected chi connectivity index (χ4v) is 2.87. The van der Waals surface area contributed by atoms with Gasteiger partial charge in [-0.3, -0.25) is 0 Å². The molecule has 0 fully saturated rings. The molecule has 1 rings (SSSR count). The summed E-state index contributed by atoms with van der Waals surface area (Å²) in [6.07, 6.45) is 0. The Hall–Kier alpha value is -0.100. The Kier molecular flexibility index (Phi) is 7.22. The molecule has 1 aromatic rings. The molecule has 0 aliphatic carbocycles. The van der Waals surface area contributed by atoms with E-state index in [0.29, 0.717) is 25.7 Å². The second-order valence-electron chi connectivity index (χ2n) is 4.35. The predicted octanol–water partition coefficient (Wildman–Crippen LogP) is 4.29. The van der Waals surface area contributed by atoms with E-state index in [0.717, 1.165) is 20.3 Å². The van der Waals surface area contributed by atoms with Crippen molar-refractivity contribution in [3.8, 4) is 5.75 Å². The van der Waals surface area contributed by atoms with E-state index in [2.05, 4.69) is 51.2 Å². The standard InChI is InChI=1S/C13H19Br2NO2/c1-4-17-13-11(14)5-10(6-12(13)15)7-16-18-8-9(2)3/h5-6,9,16H,4,7-8H2,1-3H3. The van der Waals surface area contributed by atoms with Crippen LogP contribution < -0.4 is 10.2 Å². The molecule has 0 aliphatic heterocycles. The van der Waals surface area contributed by atoms with Crippen molar-refractivity contribution in [3.63, 3.8) is 0 Å². The molecular weight excluding hydrogens is 362 g/mol. The number of nitrogens with one attached hydrogen (secondary N) is 1. The molecule has 0 radical (unpaired) electrons. The average Bonchev–Trinajstić information content (AvgIpc) is 2.29. The van der Waals surface area contributed by atoms with E-state index in [1.54, 1.807) is 0 Å². The molecule has 0 unspecified atom stereocenters. The maximum atomic E-state index is 5.53. The Morgan fingerprint density at radius 3 is 2.33 bits per heavy atom. The molecular formula is C13H19Br2NO2. The smallest absolute Gasteiger partial charge is 0.147 e. The van der Waals surface area contributed by atoms with E-state index < -0.39 is 0 Å². The van der Waals surface area contributed by atoms with Gasteiger partial charge in [0.05, 0.1) is 22.2 Å². The van der Waals surface area contributed by atoms with E-state index in [4.69, 9.17) is 9.57 Å². The lowest BCUT2D eigenvalue weighted by molar-refractivity contribution is 0.0196. The van der Waals surface area contributed by atoms with Gasteiger partial charge in [0.15, 0.2) is 0 Å². The van der Waals surface area contributed by atoms with Crippen LogP contribution in [0.2, 0.25) is 0 Å². The SMILES string of the molecule is CCOc1c(Br)cc(CNOCC(C)C)cc1Br. The molecule has 102 valence electrons. The highest BCUT2D eigenvalue weighted by molar-refractivity contribution is 9.11. The third-order valence-electron chi connectivity index (χ3n) is 2.14. The van der Waals surface area contributed by atoms with Gasteiger partial charge in [-0.2, -0.15) is 5.48 Å². The van der Waals surface area contributed by atoms with E-state index >= 15 is 0 Å². The van der Waals surface area contributed by atoms with Crippen molar-refractivity contribution in [2.75, 3.05) is 13.2 Å². The minimum atomic E-state index is 0.524. The minimum absolute atomic E-state index is 0.524. The van der Waals surface area contributed by atoms with Gasteiger partial charge in [0.25, 0.3) is 0 Å². The van der Waals surface area contributed by atoms with Crippen LogP contribution in [0.15, 0.2) is 21.1 Å². The second-order valence-corrected chi connectivity index (χ2v) is 6.06. The van der Waals surface area contributed by atoms with Crippen molar-refractivity contribution in [3.05, 3.63) is 26.6 Å².